The third kappa shape index (κ3) is 4.09. The van der Waals surface area contributed by atoms with E-state index in [1.165, 1.54) is 42.5 Å². The minimum atomic E-state index is -4.14. The molecule has 23 heavy (non-hydrogen) atoms. The van der Waals surface area contributed by atoms with Gasteiger partial charge in [-0.25, -0.2) is 8.42 Å². The molecule has 0 aliphatic heterocycles. The average Bonchev–Trinajstić information content (AvgIpc) is 2.48. The SMILES string of the molecule is NC(=O)CN(c1ccc(Cl)cc1)S(=O)(=O)c1cc(Cl)ccc1Cl. The predicted octanol–water partition coefficient (Wildman–Crippen LogP) is 3.33. The number of carbonyl (C=O) groups excluding carboxylic acids is 1. The van der Waals surface area contributed by atoms with Crippen LogP contribution in [0.4, 0.5) is 5.69 Å². The van der Waals surface area contributed by atoms with E-state index in [4.69, 9.17) is 40.5 Å². The molecule has 0 saturated heterocycles. The first-order valence-electron chi connectivity index (χ1n) is 6.23. The van der Waals surface area contributed by atoms with Gasteiger partial charge in [-0.3, -0.25) is 9.10 Å². The Balaban J connectivity index is 2.59. The standard InChI is InChI=1S/C14H11Cl3N2O3S/c15-9-1-4-11(5-2-9)19(8-14(18)20)23(21,22)13-7-10(16)3-6-12(13)17/h1-7H,8H2,(H2,18,20). The molecule has 5 nitrogen and oxygen atoms in total. The van der Waals surface area contributed by atoms with Gasteiger partial charge in [0, 0.05) is 10.0 Å². The Morgan fingerprint density at radius 1 is 1.00 bits per heavy atom. The number of hydrogen-bond donors (Lipinski definition) is 1. The average molecular weight is 394 g/mol. The zero-order valence-corrected chi connectivity index (χ0v) is 14.6. The van der Waals surface area contributed by atoms with Crippen molar-refractivity contribution in [1.29, 1.82) is 0 Å². The maximum absolute atomic E-state index is 12.9. The smallest absolute Gasteiger partial charge is 0.266 e. The molecule has 1 amide bonds. The van der Waals surface area contributed by atoms with Crippen LogP contribution in [0.5, 0.6) is 0 Å². The number of anilines is 1. The molecule has 2 rings (SSSR count). The summed E-state index contributed by atoms with van der Waals surface area (Å²) < 4.78 is 26.6. The highest BCUT2D eigenvalue weighted by molar-refractivity contribution is 7.93. The summed E-state index contributed by atoms with van der Waals surface area (Å²) in [7, 11) is -4.14. The summed E-state index contributed by atoms with van der Waals surface area (Å²) in [5.41, 5.74) is 5.40. The van der Waals surface area contributed by atoms with Gasteiger partial charge < -0.3 is 5.73 Å². The van der Waals surface area contributed by atoms with Gasteiger partial charge >= 0.3 is 0 Å². The normalized spacial score (nSPS) is 11.3. The van der Waals surface area contributed by atoms with Crippen LogP contribution >= 0.6 is 34.8 Å². The number of nitrogens with two attached hydrogens (primary N) is 1. The Labute approximate surface area is 148 Å². The van der Waals surface area contributed by atoms with E-state index in [0.29, 0.717) is 5.02 Å². The maximum Gasteiger partial charge on any atom is 0.266 e. The second-order valence-corrected chi connectivity index (χ2v) is 7.64. The fourth-order valence-electron chi connectivity index (χ4n) is 1.86. The van der Waals surface area contributed by atoms with Crippen LogP contribution in [0, 0.1) is 0 Å². The van der Waals surface area contributed by atoms with E-state index >= 15 is 0 Å². The summed E-state index contributed by atoms with van der Waals surface area (Å²) in [4.78, 5) is 11.1. The van der Waals surface area contributed by atoms with Crippen LogP contribution in [0.3, 0.4) is 0 Å². The number of halogens is 3. The van der Waals surface area contributed by atoms with Gasteiger partial charge in [0.2, 0.25) is 5.91 Å². The minimum Gasteiger partial charge on any atom is -0.368 e. The second kappa shape index (κ2) is 6.97. The van der Waals surface area contributed by atoms with Crippen LogP contribution in [0.1, 0.15) is 0 Å². The number of nitrogens with zero attached hydrogens (tertiary/aromatic N) is 1. The van der Waals surface area contributed by atoms with Crippen molar-refractivity contribution in [2.24, 2.45) is 5.73 Å². The molecule has 2 aromatic rings. The highest BCUT2D eigenvalue weighted by Gasteiger charge is 2.28. The number of hydrogen-bond acceptors (Lipinski definition) is 3. The first-order chi connectivity index (χ1) is 10.7. The van der Waals surface area contributed by atoms with Crippen molar-refractivity contribution in [3.05, 3.63) is 57.5 Å². The molecule has 0 unspecified atom stereocenters. The lowest BCUT2D eigenvalue weighted by molar-refractivity contribution is -0.116. The molecular weight excluding hydrogens is 383 g/mol. The molecule has 0 heterocycles. The third-order valence-electron chi connectivity index (χ3n) is 2.88. The van der Waals surface area contributed by atoms with Crippen LogP contribution in [0.2, 0.25) is 15.1 Å². The highest BCUT2D eigenvalue weighted by Crippen LogP contribution is 2.31. The van der Waals surface area contributed by atoms with Crippen molar-refractivity contribution in [1.82, 2.24) is 0 Å². The number of rotatable bonds is 5. The van der Waals surface area contributed by atoms with E-state index in [-0.39, 0.29) is 20.6 Å². The van der Waals surface area contributed by atoms with E-state index in [9.17, 15) is 13.2 Å². The van der Waals surface area contributed by atoms with Crippen LogP contribution in [0.15, 0.2) is 47.4 Å². The van der Waals surface area contributed by atoms with Gasteiger partial charge in [-0.2, -0.15) is 0 Å². The van der Waals surface area contributed by atoms with Crippen LogP contribution in [0.25, 0.3) is 0 Å². The summed E-state index contributed by atoms with van der Waals surface area (Å²) in [5.74, 6) is -0.818. The van der Waals surface area contributed by atoms with Crippen LogP contribution in [-0.2, 0) is 14.8 Å². The van der Waals surface area contributed by atoms with Gasteiger partial charge in [-0.05, 0) is 42.5 Å². The Kier molecular flexibility index (Phi) is 5.41. The molecule has 122 valence electrons. The Morgan fingerprint density at radius 2 is 1.57 bits per heavy atom. The van der Waals surface area contributed by atoms with E-state index in [0.717, 1.165) is 4.31 Å². The molecule has 0 aliphatic rings. The molecule has 0 aliphatic carbocycles. The number of sulfonamides is 1. The maximum atomic E-state index is 12.9. The summed E-state index contributed by atoms with van der Waals surface area (Å²) >= 11 is 17.6. The van der Waals surface area contributed by atoms with Gasteiger partial charge in [0.15, 0.2) is 0 Å². The lowest BCUT2D eigenvalue weighted by Gasteiger charge is -2.23. The Bertz CT molecular complexity index is 839. The van der Waals surface area contributed by atoms with Crippen molar-refractivity contribution in [3.63, 3.8) is 0 Å². The number of amides is 1. The number of carbonyl (C=O) groups is 1. The largest absolute Gasteiger partial charge is 0.368 e. The van der Waals surface area contributed by atoms with E-state index in [1.807, 2.05) is 0 Å². The van der Waals surface area contributed by atoms with Crippen molar-refractivity contribution < 1.29 is 13.2 Å². The topological polar surface area (TPSA) is 80.5 Å². The fraction of sp³-hybridized carbons (Fsp3) is 0.0714. The Hall–Kier alpha value is -1.47. The molecule has 0 bridgehead atoms. The van der Waals surface area contributed by atoms with E-state index < -0.39 is 22.5 Å². The monoisotopic (exact) mass is 392 g/mol. The lowest BCUT2D eigenvalue weighted by atomic mass is 10.3. The number of benzene rings is 2. The third-order valence-corrected chi connectivity index (χ3v) is 5.62. The molecule has 0 aromatic heterocycles. The summed E-state index contributed by atoms with van der Waals surface area (Å²) in [6.07, 6.45) is 0. The molecule has 0 saturated carbocycles. The highest BCUT2D eigenvalue weighted by atomic mass is 35.5. The zero-order valence-electron chi connectivity index (χ0n) is 11.5. The quantitative estimate of drug-likeness (QED) is 0.846. The van der Waals surface area contributed by atoms with Gasteiger partial charge in [-0.1, -0.05) is 34.8 Å². The summed E-state index contributed by atoms with van der Waals surface area (Å²) in [6.45, 7) is -0.549. The van der Waals surface area contributed by atoms with Crippen molar-refractivity contribution in [2.45, 2.75) is 4.90 Å². The van der Waals surface area contributed by atoms with Crippen molar-refractivity contribution in [2.75, 3.05) is 10.8 Å². The fourth-order valence-corrected chi connectivity index (χ4v) is 4.15. The van der Waals surface area contributed by atoms with Crippen LogP contribution < -0.4 is 10.0 Å². The molecule has 0 radical (unpaired) electrons. The molecule has 0 atom stereocenters. The van der Waals surface area contributed by atoms with E-state index in [1.54, 1.807) is 0 Å². The molecular formula is C14H11Cl3N2O3S. The van der Waals surface area contributed by atoms with Gasteiger partial charge in [-0.15, -0.1) is 0 Å². The van der Waals surface area contributed by atoms with Crippen molar-refractivity contribution >= 4 is 56.4 Å². The van der Waals surface area contributed by atoms with Crippen LogP contribution in [-0.4, -0.2) is 20.9 Å². The Morgan fingerprint density at radius 3 is 2.13 bits per heavy atom. The lowest BCUT2D eigenvalue weighted by Crippen LogP contribution is -2.38. The predicted molar refractivity (Wildman–Crippen MR) is 91.6 cm³/mol. The molecule has 0 fully saturated rings. The molecule has 0 spiro atoms. The minimum absolute atomic E-state index is 0.0159. The molecule has 2 aromatic carbocycles. The van der Waals surface area contributed by atoms with Crippen molar-refractivity contribution in [3.8, 4) is 0 Å². The molecule has 2 N–H and O–H groups in total. The van der Waals surface area contributed by atoms with E-state index in [2.05, 4.69) is 0 Å². The summed E-state index contributed by atoms with van der Waals surface area (Å²) in [5, 5.41) is 0.604. The summed E-state index contributed by atoms with van der Waals surface area (Å²) in [6, 6.07) is 9.95. The van der Waals surface area contributed by atoms with Gasteiger partial charge in [0.25, 0.3) is 10.0 Å². The number of primary amides is 1. The molecule has 9 heteroatoms. The van der Waals surface area contributed by atoms with Gasteiger partial charge in [0.05, 0.1) is 10.7 Å². The first kappa shape index (κ1) is 17.9. The zero-order chi connectivity index (χ0) is 17.2. The van der Waals surface area contributed by atoms with Gasteiger partial charge in [0.1, 0.15) is 11.4 Å². The first-order valence-corrected chi connectivity index (χ1v) is 8.81. The second-order valence-electron chi connectivity index (χ2n) is 4.53.